The van der Waals surface area contributed by atoms with E-state index >= 15 is 0 Å². The number of rotatable bonds is 12. The van der Waals surface area contributed by atoms with E-state index in [4.69, 9.17) is 24.4 Å². The van der Waals surface area contributed by atoms with Crippen molar-refractivity contribution in [1.29, 1.82) is 0 Å². The molecule has 2 aromatic rings. The topological polar surface area (TPSA) is 150 Å². The van der Waals surface area contributed by atoms with E-state index in [0.29, 0.717) is 61.7 Å². The molecule has 3 amide bonds. The van der Waals surface area contributed by atoms with Gasteiger partial charge in [-0.1, -0.05) is 50.3 Å². The Hall–Kier alpha value is -3.67. The van der Waals surface area contributed by atoms with E-state index in [9.17, 15) is 23.6 Å². The molecule has 1 aliphatic heterocycles. The first-order chi connectivity index (χ1) is 23.9. The first-order valence-corrected chi connectivity index (χ1v) is 18.3. The normalized spacial score (nSPS) is 25.3. The number of amides is 3. The Kier molecular flexibility index (Phi) is 12.5. The van der Waals surface area contributed by atoms with E-state index in [1.807, 2.05) is 18.2 Å². The number of alkyl carbamates (subject to hydrolysis) is 1. The third-order valence-corrected chi connectivity index (χ3v) is 10.8. The summed E-state index contributed by atoms with van der Waals surface area (Å²) in [7, 11) is 1.58. The van der Waals surface area contributed by atoms with Crippen LogP contribution in [-0.4, -0.2) is 73.5 Å². The summed E-state index contributed by atoms with van der Waals surface area (Å²) in [5.74, 6) is -1.93. The summed E-state index contributed by atoms with van der Waals surface area (Å²) in [5, 5.41) is 3.37. The third-order valence-electron chi connectivity index (χ3n) is 10.8. The molecule has 3 aliphatic rings. The predicted octanol–water partition coefficient (Wildman–Crippen LogP) is 6.62. The third kappa shape index (κ3) is 8.61. The molecule has 3 fully saturated rings. The number of ether oxygens (including phenoxy) is 3. The molecule has 2 saturated carbocycles. The number of primary amides is 1. The van der Waals surface area contributed by atoms with E-state index in [-0.39, 0.29) is 36.0 Å². The molecule has 276 valence electrons. The highest BCUT2D eigenvalue weighted by molar-refractivity contribution is 5.98. The lowest BCUT2D eigenvalue weighted by Gasteiger charge is -2.38. The number of furan rings is 1. The Morgan fingerprint density at radius 2 is 1.72 bits per heavy atom. The Morgan fingerprint density at radius 3 is 2.36 bits per heavy atom. The second-order valence-electron chi connectivity index (χ2n) is 15.2. The average molecular weight is 700 g/mol. The smallest absolute Gasteiger partial charge is 0.407 e. The van der Waals surface area contributed by atoms with Crippen molar-refractivity contribution in [1.82, 2.24) is 10.2 Å². The number of para-hydroxylation sites is 1. The van der Waals surface area contributed by atoms with Gasteiger partial charge < -0.3 is 34.6 Å². The van der Waals surface area contributed by atoms with Gasteiger partial charge in [0.15, 0.2) is 0 Å². The van der Waals surface area contributed by atoms with Gasteiger partial charge in [0.2, 0.25) is 17.6 Å². The Labute approximate surface area is 294 Å². The average Bonchev–Trinajstić information content (AvgIpc) is 3.68. The van der Waals surface area contributed by atoms with Gasteiger partial charge in [0.25, 0.3) is 0 Å². The van der Waals surface area contributed by atoms with E-state index in [2.05, 4.69) is 5.32 Å². The first kappa shape index (κ1) is 37.6. The van der Waals surface area contributed by atoms with Gasteiger partial charge in [0.1, 0.15) is 23.9 Å². The number of hydrogen-bond donors (Lipinski definition) is 2. The molecule has 3 N–H and O–H groups in total. The molecule has 0 bridgehead atoms. The minimum atomic E-state index is -0.847. The highest BCUT2D eigenvalue weighted by Crippen LogP contribution is 2.51. The Morgan fingerprint density at radius 1 is 1.02 bits per heavy atom. The van der Waals surface area contributed by atoms with Crippen molar-refractivity contribution in [2.45, 2.75) is 115 Å². The van der Waals surface area contributed by atoms with Crippen LogP contribution in [0.3, 0.4) is 0 Å². The quantitative estimate of drug-likeness (QED) is 0.185. The summed E-state index contributed by atoms with van der Waals surface area (Å²) in [5.41, 5.74) is 6.51. The SMILES string of the molecule is COCCCOC(=O)c1oc2ccccc2c1C1C[C@@H](C2CCCCC2)[C@@H](C(N)=O)N1C(=O)[C@H]1CC[C@H](C(CF)NC(=O)OC(C)(C)C)CC1. The number of alkyl halides is 1. The second kappa shape index (κ2) is 16.6. The fraction of sp³-hybridized carbons (Fsp3) is 0.684. The van der Waals surface area contributed by atoms with Crippen LogP contribution >= 0.6 is 0 Å². The van der Waals surface area contributed by atoms with Crippen LogP contribution < -0.4 is 11.1 Å². The number of nitrogens with one attached hydrogen (secondary N) is 1. The zero-order valence-corrected chi connectivity index (χ0v) is 29.9. The zero-order valence-electron chi connectivity index (χ0n) is 29.9. The molecule has 5 rings (SSSR count). The predicted molar refractivity (Wildman–Crippen MR) is 185 cm³/mol. The molecule has 1 aromatic carbocycles. The van der Waals surface area contributed by atoms with Crippen LogP contribution in [0.1, 0.15) is 114 Å². The number of fused-ring (bicyclic) bond motifs is 1. The molecule has 4 atom stereocenters. The maximum atomic E-state index is 14.8. The number of halogens is 1. The van der Waals surface area contributed by atoms with Gasteiger partial charge in [-0.15, -0.1) is 0 Å². The van der Waals surface area contributed by atoms with Crippen LogP contribution in [-0.2, 0) is 23.8 Å². The number of likely N-dealkylation sites (tertiary alicyclic amines) is 1. The van der Waals surface area contributed by atoms with Crippen molar-refractivity contribution in [2.24, 2.45) is 29.4 Å². The van der Waals surface area contributed by atoms with Crippen molar-refractivity contribution in [3.05, 3.63) is 35.6 Å². The van der Waals surface area contributed by atoms with Gasteiger partial charge in [-0.05, 0) is 76.7 Å². The fourth-order valence-electron chi connectivity index (χ4n) is 8.51. The molecule has 11 nitrogen and oxygen atoms in total. The summed E-state index contributed by atoms with van der Waals surface area (Å²) in [4.78, 5) is 55.9. The van der Waals surface area contributed by atoms with Crippen molar-refractivity contribution in [2.75, 3.05) is 27.0 Å². The van der Waals surface area contributed by atoms with Crippen molar-refractivity contribution in [3.63, 3.8) is 0 Å². The fourth-order valence-corrected chi connectivity index (χ4v) is 8.51. The second-order valence-corrected chi connectivity index (χ2v) is 15.2. The summed E-state index contributed by atoms with van der Waals surface area (Å²) < 4.78 is 36.4. The van der Waals surface area contributed by atoms with Crippen LogP contribution in [0.15, 0.2) is 28.7 Å². The molecule has 12 heteroatoms. The minimum absolute atomic E-state index is 0.0293. The molecule has 2 unspecified atom stereocenters. The molecule has 1 saturated heterocycles. The Bertz CT molecular complexity index is 1490. The number of carbonyl (C=O) groups excluding carboxylic acids is 4. The largest absolute Gasteiger partial charge is 0.460 e. The number of nitrogens with two attached hydrogens (primary N) is 1. The van der Waals surface area contributed by atoms with Crippen LogP contribution in [0.5, 0.6) is 0 Å². The Balaban J connectivity index is 1.45. The number of nitrogens with zero attached hydrogens (tertiary/aromatic N) is 1. The number of methoxy groups -OCH3 is 1. The van der Waals surface area contributed by atoms with Gasteiger partial charge >= 0.3 is 12.1 Å². The number of hydrogen-bond acceptors (Lipinski definition) is 8. The zero-order chi connectivity index (χ0) is 36.0. The lowest BCUT2D eigenvalue weighted by molar-refractivity contribution is -0.145. The molecule has 0 radical (unpaired) electrons. The van der Waals surface area contributed by atoms with Gasteiger partial charge in [0.05, 0.1) is 18.7 Å². The van der Waals surface area contributed by atoms with Crippen molar-refractivity contribution < 1.29 is 42.2 Å². The molecule has 0 spiro atoms. The van der Waals surface area contributed by atoms with Crippen LogP contribution in [0.4, 0.5) is 9.18 Å². The summed E-state index contributed by atoms with van der Waals surface area (Å²) in [6.07, 6.45) is 7.39. The number of esters is 1. The van der Waals surface area contributed by atoms with E-state index < -0.39 is 54.3 Å². The first-order valence-electron chi connectivity index (χ1n) is 18.3. The van der Waals surface area contributed by atoms with Gasteiger partial charge in [-0.3, -0.25) is 9.59 Å². The molecule has 2 heterocycles. The molecule has 50 heavy (non-hydrogen) atoms. The monoisotopic (exact) mass is 699 g/mol. The summed E-state index contributed by atoms with van der Waals surface area (Å²) in [6, 6.07) is 5.10. The lowest BCUT2D eigenvalue weighted by atomic mass is 9.75. The highest BCUT2D eigenvalue weighted by Gasteiger charge is 2.53. The standard InChI is InChI=1S/C38H54FN3O8/c1-38(2,3)50-37(46)41-28(22-39)24-15-17-25(18-16-24)35(44)42-29(21-27(32(42)34(40)43)23-11-6-5-7-12-23)31-26-13-8-9-14-30(26)49-33(31)36(45)48-20-10-19-47-4/h8-9,13-14,23-25,27-29,32H,5-7,10-12,15-22H2,1-4H3,(H2,40,43)(H,41,46)/t24-,25-,27-,28?,29?,32-/m0/s1. The highest BCUT2D eigenvalue weighted by atomic mass is 19.1. The summed E-state index contributed by atoms with van der Waals surface area (Å²) >= 11 is 0. The van der Waals surface area contributed by atoms with E-state index in [1.54, 1.807) is 38.8 Å². The maximum absolute atomic E-state index is 14.8. The van der Waals surface area contributed by atoms with Crippen LogP contribution in [0, 0.1) is 23.7 Å². The van der Waals surface area contributed by atoms with Gasteiger partial charge in [-0.2, -0.15) is 0 Å². The molecular formula is C38H54FN3O8. The lowest BCUT2D eigenvalue weighted by Crippen LogP contribution is -2.51. The van der Waals surface area contributed by atoms with Gasteiger partial charge in [-0.25, -0.2) is 14.0 Å². The van der Waals surface area contributed by atoms with Crippen molar-refractivity contribution in [3.8, 4) is 0 Å². The van der Waals surface area contributed by atoms with E-state index in [1.165, 1.54) is 0 Å². The van der Waals surface area contributed by atoms with Gasteiger partial charge in [0, 0.05) is 37.0 Å². The van der Waals surface area contributed by atoms with Crippen LogP contribution in [0.2, 0.25) is 0 Å². The molecular weight excluding hydrogens is 645 g/mol. The minimum Gasteiger partial charge on any atom is -0.460 e. The molecule has 1 aromatic heterocycles. The number of carbonyl (C=O) groups is 4. The number of benzene rings is 1. The maximum Gasteiger partial charge on any atom is 0.407 e. The summed E-state index contributed by atoms with van der Waals surface area (Å²) in [6.45, 7) is 5.06. The molecule has 2 aliphatic carbocycles. The van der Waals surface area contributed by atoms with Crippen LogP contribution in [0.25, 0.3) is 11.0 Å². The van der Waals surface area contributed by atoms with E-state index in [0.717, 1.165) is 32.1 Å². The van der Waals surface area contributed by atoms with Crippen molar-refractivity contribution >= 4 is 34.8 Å².